The molecule has 2 fully saturated rings. The smallest absolute Gasteiger partial charge is 0.132 e. The fraction of sp³-hybridized carbons (Fsp3) is 0.400. The minimum atomic E-state index is -0.445. The lowest BCUT2D eigenvalue weighted by molar-refractivity contribution is 0.490. The van der Waals surface area contributed by atoms with Gasteiger partial charge in [0, 0.05) is 23.6 Å². The molecule has 3 nitrogen and oxygen atoms in total. The Bertz CT molecular complexity index is 652. The molecule has 0 spiro atoms. The summed E-state index contributed by atoms with van der Waals surface area (Å²) in [6, 6.07) is 4.52. The van der Waals surface area contributed by atoms with E-state index in [1.54, 1.807) is 6.20 Å². The molecule has 3 atom stereocenters. The quantitative estimate of drug-likeness (QED) is 0.884. The standard InChI is InChI=1S/C15H15F2N3/c16-8-1-3-12(17)10(5-8)14-7-18-15(20-14)11-6-9-2-4-13(11)19-9/h1,3,5,7,9,11,13,19H,2,4,6H2,(H,18,20). The molecule has 2 bridgehead atoms. The highest BCUT2D eigenvalue weighted by molar-refractivity contribution is 5.59. The molecule has 3 unspecified atom stereocenters. The van der Waals surface area contributed by atoms with Crippen LogP contribution in [0.1, 0.15) is 31.0 Å². The van der Waals surface area contributed by atoms with Crippen LogP contribution in [0.2, 0.25) is 0 Å². The van der Waals surface area contributed by atoms with Crippen LogP contribution < -0.4 is 5.32 Å². The van der Waals surface area contributed by atoms with E-state index in [1.165, 1.54) is 18.9 Å². The van der Waals surface area contributed by atoms with Gasteiger partial charge in [-0.3, -0.25) is 0 Å². The van der Waals surface area contributed by atoms with E-state index >= 15 is 0 Å². The van der Waals surface area contributed by atoms with Gasteiger partial charge in [-0.1, -0.05) is 0 Å². The number of nitrogens with zero attached hydrogens (tertiary/aromatic N) is 1. The van der Waals surface area contributed by atoms with Crippen molar-refractivity contribution in [1.82, 2.24) is 15.3 Å². The molecule has 4 rings (SSSR count). The molecule has 1 aromatic heterocycles. The number of nitrogens with one attached hydrogen (secondary N) is 2. The lowest BCUT2D eigenvalue weighted by atomic mass is 9.89. The molecule has 3 heterocycles. The molecule has 2 aromatic rings. The number of rotatable bonds is 2. The second-order valence-corrected chi connectivity index (χ2v) is 5.70. The number of aromatic nitrogens is 2. The number of hydrogen-bond acceptors (Lipinski definition) is 2. The van der Waals surface area contributed by atoms with Crippen LogP contribution in [0.15, 0.2) is 24.4 Å². The predicted molar refractivity (Wildman–Crippen MR) is 71.2 cm³/mol. The number of halogens is 2. The summed E-state index contributed by atoms with van der Waals surface area (Å²) < 4.78 is 27.0. The van der Waals surface area contributed by atoms with E-state index in [0.29, 0.717) is 23.7 Å². The first-order valence-corrected chi connectivity index (χ1v) is 6.97. The summed E-state index contributed by atoms with van der Waals surface area (Å²) in [5.41, 5.74) is 0.777. The Labute approximate surface area is 115 Å². The Hall–Kier alpha value is -1.75. The van der Waals surface area contributed by atoms with Crippen molar-refractivity contribution in [1.29, 1.82) is 0 Å². The summed E-state index contributed by atoms with van der Waals surface area (Å²) in [5, 5.41) is 3.55. The normalized spacial score (nSPS) is 28.2. The summed E-state index contributed by atoms with van der Waals surface area (Å²) in [5.74, 6) is 0.356. The van der Waals surface area contributed by atoms with Crippen molar-refractivity contribution >= 4 is 0 Å². The number of fused-ring (bicyclic) bond motifs is 2. The second kappa shape index (κ2) is 4.38. The van der Waals surface area contributed by atoms with Crippen molar-refractivity contribution in [3.63, 3.8) is 0 Å². The summed E-state index contributed by atoms with van der Waals surface area (Å²) in [4.78, 5) is 7.55. The maximum absolute atomic E-state index is 13.8. The third-order valence-corrected chi connectivity index (χ3v) is 4.47. The number of H-pyrrole nitrogens is 1. The zero-order chi connectivity index (χ0) is 13.7. The topological polar surface area (TPSA) is 40.7 Å². The van der Waals surface area contributed by atoms with Crippen LogP contribution in [0.4, 0.5) is 8.78 Å². The zero-order valence-corrected chi connectivity index (χ0v) is 10.9. The highest BCUT2D eigenvalue weighted by Crippen LogP contribution is 2.39. The molecular weight excluding hydrogens is 260 g/mol. The van der Waals surface area contributed by atoms with Crippen LogP contribution in [0, 0.1) is 11.6 Å². The summed E-state index contributed by atoms with van der Waals surface area (Å²) in [6.07, 6.45) is 5.06. The molecule has 104 valence electrons. The maximum Gasteiger partial charge on any atom is 0.132 e. The minimum absolute atomic E-state index is 0.236. The molecule has 0 radical (unpaired) electrons. The van der Waals surface area contributed by atoms with Gasteiger partial charge >= 0.3 is 0 Å². The van der Waals surface area contributed by atoms with Crippen LogP contribution in [0.3, 0.4) is 0 Å². The fourth-order valence-corrected chi connectivity index (χ4v) is 3.49. The van der Waals surface area contributed by atoms with Crippen LogP contribution in [-0.4, -0.2) is 22.1 Å². The van der Waals surface area contributed by atoms with Crippen molar-refractivity contribution in [3.05, 3.63) is 41.9 Å². The van der Waals surface area contributed by atoms with Crippen LogP contribution >= 0.6 is 0 Å². The molecule has 0 aliphatic carbocycles. The number of benzene rings is 1. The molecular formula is C15H15F2N3. The Morgan fingerprint density at radius 2 is 2.10 bits per heavy atom. The van der Waals surface area contributed by atoms with Crippen molar-refractivity contribution in [3.8, 4) is 11.3 Å². The van der Waals surface area contributed by atoms with E-state index < -0.39 is 11.6 Å². The minimum Gasteiger partial charge on any atom is -0.342 e. The van der Waals surface area contributed by atoms with Crippen LogP contribution in [0.5, 0.6) is 0 Å². The first kappa shape index (κ1) is 12.0. The van der Waals surface area contributed by atoms with Gasteiger partial charge in [0.1, 0.15) is 17.5 Å². The van der Waals surface area contributed by atoms with Gasteiger partial charge < -0.3 is 10.3 Å². The third-order valence-electron chi connectivity index (χ3n) is 4.47. The molecule has 2 aliphatic heterocycles. The largest absolute Gasteiger partial charge is 0.342 e. The van der Waals surface area contributed by atoms with Gasteiger partial charge in [-0.25, -0.2) is 13.8 Å². The van der Waals surface area contributed by atoms with Gasteiger partial charge in [0.05, 0.1) is 11.9 Å². The van der Waals surface area contributed by atoms with Crippen molar-refractivity contribution in [2.45, 2.75) is 37.3 Å². The van der Waals surface area contributed by atoms with Gasteiger partial charge in [-0.15, -0.1) is 0 Å². The molecule has 1 aromatic carbocycles. The van der Waals surface area contributed by atoms with Gasteiger partial charge in [0.25, 0.3) is 0 Å². The number of aromatic amines is 1. The fourth-order valence-electron chi connectivity index (χ4n) is 3.49. The molecule has 20 heavy (non-hydrogen) atoms. The third kappa shape index (κ3) is 1.85. The zero-order valence-electron chi connectivity index (χ0n) is 10.9. The number of hydrogen-bond donors (Lipinski definition) is 2. The molecule has 5 heteroatoms. The molecule has 0 saturated carbocycles. The Morgan fingerprint density at radius 1 is 1.20 bits per heavy atom. The highest BCUT2D eigenvalue weighted by Gasteiger charge is 2.41. The van der Waals surface area contributed by atoms with E-state index in [4.69, 9.17) is 0 Å². The lowest BCUT2D eigenvalue weighted by Crippen LogP contribution is -2.22. The Morgan fingerprint density at radius 3 is 2.85 bits per heavy atom. The first-order valence-electron chi connectivity index (χ1n) is 6.97. The van der Waals surface area contributed by atoms with Gasteiger partial charge in [-0.2, -0.15) is 0 Å². The van der Waals surface area contributed by atoms with Gasteiger partial charge in [0.15, 0.2) is 0 Å². The molecule has 2 aliphatic rings. The van der Waals surface area contributed by atoms with Crippen LogP contribution in [0.25, 0.3) is 11.3 Å². The average Bonchev–Trinajstić information content (AvgIpc) is 3.15. The van der Waals surface area contributed by atoms with Gasteiger partial charge in [-0.05, 0) is 37.5 Å². The van der Waals surface area contributed by atoms with E-state index in [1.807, 2.05) is 0 Å². The average molecular weight is 275 g/mol. The Kier molecular flexibility index (Phi) is 2.63. The molecule has 2 N–H and O–H groups in total. The van der Waals surface area contributed by atoms with E-state index in [9.17, 15) is 8.78 Å². The van der Waals surface area contributed by atoms with E-state index in [0.717, 1.165) is 24.4 Å². The predicted octanol–water partition coefficient (Wildman–Crippen LogP) is 2.96. The van der Waals surface area contributed by atoms with Crippen molar-refractivity contribution < 1.29 is 8.78 Å². The second-order valence-electron chi connectivity index (χ2n) is 5.70. The summed E-state index contributed by atoms with van der Waals surface area (Å²) >= 11 is 0. The first-order chi connectivity index (χ1) is 9.70. The monoisotopic (exact) mass is 275 g/mol. The number of imidazole rings is 1. The molecule has 2 saturated heterocycles. The van der Waals surface area contributed by atoms with Crippen LogP contribution in [-0.2, 0) is 0 Å². The summed E-state index contributed by atoms with van der Waals surface area (Å²) in [7, 11) is 0. The van der Waals surface area contributed by atoms with Crippen molar-refractivity contribution in [2.24, 2.45) is 0 Å². The SMILES string of the molecule is Fc1ccc(F)c(-c2cnc(C3CC4CCC3N4)[nH]2)c1. The van der Waals surface area contributed by atoms with Crippen molar-refractivity contribution in [2.75, 3.05) is 0 Å². The summed E-state index contributed by atoms with van der Waals surface area (Å²) in [6.45, 7) is 0. The lowest BCUT2D eigenvalue weighted by Gasteiger charge is -2.17. The highest BCUT2D eigenvalue weighted by atomic mass is 19.1. The maximum atomic E-state index is 13.8. The molecule has 0 amide bonds. The van der Waals surface area contributed by atoms with Gasteiger partial charge in [0.2, 0.25) is 0 Å². The Balaban J connectivity index is 1.66. The van der Waals surface area contributed by atoms with E-state index in [-0.39, 0.29) is 5.56 Å². The van der Waals surface area contributed by atoms with E-state index in [2.05, 4.69) is 15.3 Å².